The third-order valence-corrected chi connectivity index (χ3v) is 6.29. The Hall–Kier alpha value is -1.04. The summed E-state index contributed by atoms with van der Waals surface area (Å²) in [5.41, 5.74) is 6.51. The van der Waals surface area contributed by atoms with Crippen LogP contribution in [0.3, 0.4) is 0 Å². The Balaban J connectivity index is 2.29. The summed E-state index contributed by atoms with van der Waals surface area (Å²) in [6.45, 7) is 18.9. The summed E-state index contributed by atoms with van der Waals surface area (Å²) in [7, 11) is 0. The summed E-state index contributed by atoms with van der Waals surface area (Å²) in [5.74, 6) is 1.32. The Kier molecular flexibility index (Phi) is 4.62. The molecule has 122 valence electrons. The van der Waals surface area contributed by atoms with Crippen LogP contribution in [0.5, 0.6) is 0 Å². The van der Waals surface area contributed by atoms with Crippen molar-refractivity contribution in [2.45, 2.75) is 68.2 Å². The summed E-state index contributed by atoms with van der Waals surface area (Å²) in [6, 6.07) is 0. The van der Waals surface area contributed by atoms with Crippen LogP contribution in [0, 0.1) is 22.7 Å². The smallest absolute Gasteiger partial charge is 0.00152 e. The van der Waals surface area contributed by atoms with Crippen molar-refractivity contribution in [3.8, 4) is 0 Å². The first kappa shape index (κ1) is 17.3. The molecule has 2 aliphatic carbocycles. The average molecular weight is 299 g/mol. The minimum absolute atomic E-state index is 0.151. The summed E-state index contributed by atoms with van der Waals surface area (Å²) < 4.78 is 0. The molecule has 0 saturated carbocycles. The lowest BCUT2D eigenvalue weighted by atomic mass is 9.60. The maximum atomic E-state index is 2.47. The fourth-order valence-electron chi connectivity index (χ4n) is 3.49. The summed E-state index contributed by atoms with van der Waals surface area (Å²) in [4.78, 5) is 0. The molecule has 2 aliphatic rings. The van der Waals surface area contributed by atoms with Crippen LogP contribution < -0.4 is 0 Å². The van der Waals surface area contributed by atoms with Crippen molar-refractivity contribution in [2.75, 3.05) is 0 Å². The van der Waals surface area contributed by atoms with Crippen LogP contribution in [0.25, 0.3) is 0 Å². The molecule has 0 aromatic carbocycles. The van der Waals surface area contributed by atoms with Gasteiger partial charge in [0, 0.05) is 0 Å². The van der Waals surface area contributed by atoms with Gasteiger partial charge < -0.3 is 0 Å². The van der Waals surface area contributed by atoms with Gasteiger partial charge in [0.2, 0.25) is 0 Å². The second-order valence-electron chi connectivity index (χ2n) is 8.73. The molecular weight excluding hydrogens is 264 g/mol. The van der Waals surface area contributed by atoms with E-state index in [2.05, 4.69) is 79.7 Å². The van der Waals surface area contributed by atoms with E-state index in [1.54, 1.807) is 11.1 Å². The van der Waals surface area contributed by atoms with Crippen LogP contribution >= 0.6 is 0 Å². The molecule has 0 heteroatoms. The topological polar surface area (TPSA) is 0 Å². The quantitative estimate of drug-likeness (QED) is 0.520. The molecule has 0 fully saturated rings. The van der Waals surface area contributed by atoms with Gasteiger partial charge in [-0.15, -0.1) is 0 Å². The van der Waals surface area contributed by atoms with Gasteiger partial charge in [0.1, 0.15) is 0 Å². The Bertz CT molecular complexity index is 505. The van der Waals surface area contributed by atoms with Crippen molar-refractivity contribution in [1.82, 2.24) is 0 Å². The molecule has 0 N–H and O–H groups in total. The Morgan fingerprint density at radius 1 is 0.682 bits per heavy atom. The lowest BCUT2D eigenvalue weighted by molar-refractivity contribution is 0.209. The minimum atomic E-state index is 0.151. The Labute approximate surface area is 138 Å². The predicted octanol–water partition coefficient (Wildman–Crippen LogP) is 6.86. The van der Waals surface area contributed by atoms with E-state index in [1.807, 2.05) is 0 Å². The fraction of sp³-hybridized carbons (Fsp3) is 0.636. The second-order valence-corrected chi connectivity index (χ2v) is 8.73. The first-order chi connectivity index (χ1) is 10.1. The van der Waals surface area contributed by atoms with Gasteiger partial charge in [0.25, 0.3) is 0 Å². The highest BCUT2D eigenvalue weighted by Gasteiger charge is 2.42. The van der Waals surface area contributed by atoms with Gasteiger partial charge >= 0.3 is 0 Å². The molecule has 0 radical (unpaired) electrons. The lowest BCUT2D eigenvalue weighted by Gasteiger charge is -2.43. The van der Waals surface area contributed by atoms with Crippen molar-refractivity contribution in [2.24, 2.45) is 22.7 Å². The standard InChI is InChI=1S/C22H34/c1-15(2)17-9-11-19(13-17)21(5,6)22(7,8)20-12-10-18(14-20)16(3)4/h11-16H,9-10H2,1-8H3. The zero-order chi connectivity index (χ0) is 16.7. The van der Waals surface area contributed by atoms with E-state index in [9.17, 15) is 0 Å². The molecular formula is C22H34. The predicted molar refractivity (Wildman–Crippen MR) is 98.8 cm³/mol. The molecule has 0 unspecified atom stereocenters. The summed E-state index contributed by atoms with van der Waals surface area (Å²) in [6.07, 6.45) is 12.1. The van der Waals surface area contributed by atoms with Crippen LogP contribution in [0.1, 0.15) is 68.2 Å². The van der Waals surface area contributed by atoms with E-state index in [4.69, 9.17) is 0 Å². The highest BCUT2D eigenvalue weighted by Crippen LogP contribution is 2.53. The highest BCUT2D eigenvalue weighted by molar-refractivity contribution is 5.45. The van der Waals surface area contributed by atoms with Crippen molar-refractivity contribution in [1.29, 1.82) is 0 Å². The zero-order valence-corrected chi connectivity index (χ0v) is 15.9. The Morgan fingerprint density at radius 2 is 1.00 bits per heavy atom. The van der Waals surface area contributed by atoms with E-state index in [0.29, 0.717) is 11.8 Å². The van der Waals surface area contributed by atoms with Crippen molar-refractivity contribution >= 4 is 0 Å². The van der Waals surface area contributed by atoms with E-state index < -0.39 is 0 Å². The van der Waals surface area contributed by atoms with Crippen molar-refractivity contribution in [3.05, 3.63) is 46.6 Å². The number of allylic oxidation sites excluding steroid dienone is 8. The van der Waals surface area contributed by atoms with Crippen LogP contribution in [0.2, 0.25) is 0 Å². The van der Waals surface area contributed by atoms with Crippen LogP contribution in [0.4, 0.5) is 0 Å². The summed E-state index contributed by atoms with van der Waals surface area (Å²) in [5, 5.41) is 0. The number of hydrogen-bond acceptors (Lipinski definition) is 0. The van der Waals surface area contributed by atoms with Crippen LogP contribution in [-0.4, -0.2) is 0 Å². The molecule has 0 bridgehead atoms. The second kappa shape index (κ2) is 5.87. The van der Waals surface area contributed by atoms with Gasteiger partial charge in [-0.05, 0) is 46.7 Å². The van der Waals surface area contributed by atoms with Crippen molar-refractivity contribution < 1.29 is 0 Å². The molecule has 0 aromatic rings. The van der Waals surface area contributed by atoms with Gasteiger partial charge in [-0.3, -0.25) is 0 Å². The van der Waals surface area contributed by atoms with E-state index >= 15 is 0 Å². The third-order valence-electron chi connectivity index (χ3n) is 6.29. The van der Waals surface area contributed by atoms with Crippen LogP contribution in [-0.2, 0) is 0 Å². The van der Waals surface area contributed by atoms with Crippen LogP contribution in [0.15, 0.2) is 46.6 Å². The van der Waals surface area contributed by atoms with Gasteiger partial charge in [0.05, 0.1) is 0 Å². The SMILES string of the molecule is CC(C)C1=CC(C(C)(C)C(C)(C)C2=CCC(C(C)C)=C2)=CC1. The monoisotopic (exact) mass is 298 g/mol. The molecule has 0 nitrogen and oxygen atoms in total. The fourth-order valence-corrected chi connectivity index (χ4v) is 3.49. The summed E-state index contributed by atoms with van der Waals surface area (Å²) >= 11 is 0. The molecule has 0 atom stereocenters. The molecule has 0 heterocycles. The van der Waals surface area contributed by atoms with Gasteiger partial charge in [-0.25, -0.2) is 0 Å². The van der Waals surface area contributed by atoms with E-state index in [-0.39, 0.29) is 10.8 Å². The largest absolute Gasteiger partial charge is 0.0767 e. The average Bonchev–Trinajstić information content (AvgIpc) is 3.08. The first-order valence-electron chi connectivity index (χ1n) is 8.89. The van der Waals surface area contributed by atoms with Gasteiger partial charge in [-0.2, -0.15) is 0 Å². The highest BCUT2D eigenvalue weighted by atomic mass is 14.5. The minimum Gasteiger partial charge on any atom is -0.0767 e. The molecule has 2 rings (SSSR count). The molecule has 0 amide bonds. The normalized spacial score (nSPS) is 19.5. The molecule has 0 spiro atoms. The molecule has 22 heavy (non-hydrogen) atoms. The Morgan fingerprint density at radius 3 is 1.23 bits per heavy atom. The van der Waals surface area contributed by atoms with E-state index in [1.165, 1.54) is 11.1 Å². The number of rotatable bonds is 5. The van der Waals surface area contributed by atoms with Gasteiger partial charge in [0.15, 0.2) is 0 Å². The van der Waals surface area contributed by atoms with Crippen molar-refractivity contribution in [3.63, 3.8) is 0 Å². The maximum absolute atomic E-state index is 2.47. The maximum Gasteiger partial charge on any atom is -0.00152 e. The first-order valence-corrected chi connectivity index (χ1v) is 8.89. The van der Waals surface area contributed by atoms with Gasteiger partial charge in [-0.1, -0.05) is 90.8 Å². The lowest BCUT2D eigenvalue weighted by Crippen LogP contribution is -2.34. The molecule has 0 saturated heterocycles. The molecule has 0 aliphatic heterocycles. The van der Waals surface area contributed by atoms with E-state index in [0.717, 1.165) is 12.8 Å². The third kappa shape index (κ3) is 2.90. The number of hydrogen-bond donors (Lipinski definition) is 0. The molecule has 0 aromatic heterocycles. The zero-order valence-electron chi connectivity index (χ0n) is 15.9.